The van der Waals surface area contributed by atoms with Gasteiger partial charge in [-0.05, 0) is 55.3 Å². The second kappa shape index (κ2) is 8.80. The molecule has 4 aromatic rings. The van der Waals surface area contributed by atoms with Crippen LogP contribution in [-0.2, 0) is 11.2 Å². The van der Waals surface area contributed by atoms with Crippen molar-refractivity contribution in [2.45, 2.75) is 13.3 Å². The van der Waals surface area contributed by atoms with Crippen molar-refractivity contribution in [2.75, 3.05) is 50.0 Å². The third kappa shape index (κ3) is 4.28. The highest BCUT2D eigenvalue weighted by Gasteiger charge is 2.19. The van der Waals surface area contributed by atoms with Crippen LogP contribution in [0.5, 0.6) is 0 Å². The Hall–Kier alpha value is -3.10. The number of anilines is 2. The highest BCUT2D eigenvalue weighted by Crippen LogP contribution is 2.27. The number of benzene rings is 2. The molecule has 1 saturated heterocycles. The fourth-order valence-electron chi connectivity index (χ4n) is 4.19. The number of nitrogen functional groups attached to an aromatic ring is 1. The lowest BCUT2D eigenvalue weighted by Crippen LogP contribution is -2.47. The minimum Gasteiger partial charge on any atom is -0.460 e. The third-order valence-electron chi connectivity index (χ3n) is 5.90. The monoisotopic (exact) mass is 450 g/mol. The lowest BCUT2D eigenvalue weighted by Gasteiger charge is -2.36. The fraction of sp³-hybridized carbons (Fsp3) is 0.333. The van der Waals surface area contributed by atoms with Crippen LogP contribution in [0.4, 0.5) is 10.8 Å². The molecular weight excluding hydrogens is 424 g/mol. The lowest BCUT2D eigenvalue weighted by molar-refractivity contribution is 0.0492. The molecule has 0 radical (unpaired) electrons. The molecule has 1 aliphatic rings. The van der Waals surface area contributed by atoms with Crippen LogP contribution < -0.4 is 10.6 Å². The van der Waals surface area contributed by atoms with Crippen LogP contribution in [0.3, 0.4) is 0 Å². The van der Waals surface area contributed by atoms with E-state index in [1.165, 1.54) is 5.56 Å². The maximum Gasteiger partial charge on any atom is 0.374 e. The number of fused-ring (bicyclic) bond motifs is 2. The van der Waals surface area contributed by atoms with Crippen molar-refractivity contribution in [3.63, 3.8) is 0 Å². The Morgan fingerprint density at radius 1 is 1.16 bits per heavy atom. The predicted octanol–water partition coefficient (Wildman–Crippen LogP) is 4.17. The summed E-state index contributed by atoms with van der Waals surface area (Å²) in [4.78, 5) is 21.2. The van der Waals surface area contributed by atoms with Crippen LogP contribution in [0.15, 0.2) is 46.9 Å². The number of thiazole rings is 1. The lowest BCUT2D eigenvalue weighted by atomic mass is 10.1. The van der Waals surface area contributed by atoms with Crippen LogP contribution in [-0.4, -0.2) is 55.2 Å². The molecule has 0 unspecified atom stereocenters. The van der Waals surface area contributed by atoms with Gasteiger partial charge in [0.25, 0.3) is 0 Å². The summed E-state index contributed by atoms with van der Waals surface area (Å²) in [5.41, 5.74) is 9.98. The third-order valence-corrected chi connectivity index (χ3v) is 6.75. The Morgan fingerprint density at radius 2 is 2.00 bits per heavy atom. The molecule has 166 valence electrons. The maximum atomic E-state index is 11.9. The first-order valence-electron chi connectivity index (χ1n) is 10.9. The van der Waals surface area contributed by atoms with Crippen molar-refractivity contribution in [3.05, 3.63) is 53.8 Å². The highest BCUT2D eigenvalue weighted by atomic mass is 32.1. The van der Waals surface area contributed by atoms with Crippen molar-refractivity contribution in [1.29, 1.82) is 0 Å². The van der Waals surface area contributed by atoms with Gasteiger partial charge in [0.2, 0.25) is 5.76 Å². The quantitative estimate of drug-likeness (QED) is 0.441. The summed E-state index contributed by atoms with van der Waals surface area (Å²) in [6, 6.07) is 14.3. The van der Waals surface area contributed by atoms with Gasteiger partial charge in [0.15, 0.2) is 5.13 Å². The molecule has 2 aromatic carbocycles. The second-order valence-corrected chi connectivity index (χ2v) is 9.05. The SMILES string of the molecule is CCOC(=O)c1cc2cc(N3CCN(CCc4ccc5nc(N)sc5c4)CC3)ccc2o1. The topological polar surface area (TPSA) is 84.8 Å². The van der Waals surface area contributed by atoms with Crippen LogP contribution in [0.25, 0.3) is 21.2 Å². The zero-order chi connectivity index (χ0) is 22.1. The molecule has 1 aliphatic heterocycles. The number of hydrogen-bond donors (Lipinski definition) is 1. The van der Waals surface area contributed by atoms with E-state index in [-0.39, 0.29) is 5.76 Å². The number of carbonyl (C=O) groups excluding carboxylic acids is 1. The summed E-state index contributed by atoms with van der Waals surface area (Å²) in [7, 11) is 0. The predicted molar refractivity (Wildman–Crippen MR) is 129 cm³/mol. The van der Waals surface area contributed by atoms with E-state index in [9.17, 15) is 4.79 Å². The van der Waals surface area contributed by atoms with Gasteiger partial charge < -0.3 is 19.8 Å². The smallest absolute Gasteiger partial charge is 0.374 e. The number of nitrogens with two attached hydrogens (primary N) is 1. The van der Waals surface area contributed by atoms with E-state index in [4.69, 9.17) is 14.9 Å². The Balaban J connectivity index is 1.18. The van der Waals surface area contributed by atoms with E-state index >= 15 is 0 Å². The summed E-state index contributed by atoms with van der Waals surface area (Å²) in [6.07, 6.45) is 1.02. The maximum absolute atomic E-state index is 11.9. The Labute approximate surface area is 190 Å². The molecule has 3 heterocycles. The number of ether oxygens (including phenoxy) is 1. The first-order chi connectivity index (χ1) is 15.6. The molecule has 0 saturated carbocycles. The van der Waals surface area contributed by atoms with Crippen LogP contribution in [0, 0.1) is 0 Å². The molecule has 1 fully saturated rings. The number of piperazine rings is 1. The standard InChI is InChI=1S/C24H26N4O3S/c1-2-30-23(29)21-15-17-14-18(4-6-20(17)31-21)28-11-9-27(10-12-28)8-7-16-3-5-19-22(13-16)32-24(25)26-19/h3-6,13-15H,2,7-12H2,1H3,(H2,25,26). The minimum absolute atomic E-state index is 0.253. The van der Waals surface area contributed by atoms with E-state index in [0.717, 1.165) is 60.4 Å². The van der Waals surface area contributed by atoms with E-state index < -0.39 is 5.97 Å². The van der Waals surface area contributed by atoms with Gasteiger partial charge >= 0.3 is 5.97 Å². The van der Waals surface area contributed by atoms with Crippen LogP contribution in [0.1, 0.15) is 23.0 Å². The molecule has 5 rings (SSSR count). The minimum atomic E-state index is -0.420. The van der Waals surface area contributed by atoms with E-state index in [2.05, 4.69) is 45.1 Å². The molecule has 0 aliphatic carbocycles. The van der Waals surface area contributed by atoms with E-state index in [1.54, 1.807) is 24.3 Å². The summed E-state index contributed by atoms with van der Waals surface area (Å²) >= 11 is 1.55. The molecular formula is C24H26N4O3S. The molecule has 7 nitrogen and oxygen atoms in total. The average Bonchev–Trinajstić information content (AvgIpc) is 3.39. The summed E-state index contributed by atoms with van der Waals surface area (Å²) < 4.78 is 11.8. The van der Waals surface area contributed by atoms with E-state index in [1.807, 2.05) is 6.07 Å². The van der Waals surface area contributed by atoms with Gasteiger partial charge in [0, 0.05) is 43.8 Å². The van der Waals surface area contributed by atoms with Crippen molar-refractivity contribution in [3.8, 4) is 0 Å². The molecule has 2 N–H and O–H groups in total. The Bertz CT molecular complexity index is 1260. The normalized spacial score (nSPS) is 15.0. The highest BCUT2D eigenvalue weighted by molar-refractivity contribution is 7.22. The van der Waals surface area contributed by atoms with Gasteiger partial charge in [-0.1, -0.05) is 17.4 Å². The number of rotatable bonds is 6. The van der Waals surface area contributed by atoms with Gasteiger partial charge in [-0.3, -0.25) is 4.90 Å². The average molecular weight is 451 g/mol. The second-order valence-electron chi connectivity index (χ2n) is 7.99. The number of aromatic nitrogens is 1. The summed E-state index contributed by atoms with van der Waals surface area (Å²) in [5, 5.41) is 1.55. The molecule has 8 heteroatoms. The number of esters is 1. The summed E-state index contributed by atoms with van der Waals surface area (Å²) in [5.74, 6) is -0.167. The van der Waals surface area contributed by atoms with Gasteiger partial charge in [0.05, 0.1) is 16.8 Å². The van der Waals surface area contributed by atoms with Crippen molar-refractivity contribution in [1.82, 2.24) is 9.88 Å². The molecule has 0 atom stereocenters. The van der Waals surface area contributed by atoms with Gasteiger partial charge in [-0.25, -0.2) is 9.78 Å². The largest absolute Gasteiger partial charge is 0.460 e. The number of nitrogens with zero attached hydrogens (tertiary/aromatic N) is 3. The number of carbonyl (C=O) groups is 1. The number of furan rings is 1. The van der Waals surface area contributed by atoms with Crippen molar-refractivity contribution in [2.24, 2.45) is 0 Å². The van der Waals surface area contributed by atoms with E-state index in [0.29, 0.717) is 17.3 Å². The molecule has 0 amide bonds. The summed E-state index contributed by atoms with van der Waals surface area (Å²) in [6.45, 7) is 7.14. The van der Waals surface area contributed by atoms with Crippen molar-refractivity contribution < 1.29 is 13.9 Å². The van der Waals surface area contributed by atoms with Crippen molar-refractivity contribution >= 4 is 49.3 Å². The Morgan fingerprint density at radius 3 is 2.81 bits per heavy atom. The van der Waals surface area contributed by atoms with Crippen LogP contribution in [0.2, 0.25) is 0 Å². The molecule has 0 spiro atoms. The first kappa shape index (κ1) is 20.8. The van der Waals surface area contributed by atoms with Crippen LogP contribution >= 0.6 is 11.3 Å². The molecule has 2 aromatic heterocycles. The van der Waals surface area contributed by atoms with Gasteiger partial charge in [0.1, 0.15) is 5.58 Å². The fourth-order valence-corrected chi connectivity index (χ4v) is 4.99. The van der Waals surface area contributed by atoms with Gasteiger partial charge in [-0.15, -0.1) is 0 Å². The zero-order valence-corrected chi connectivity index (χ0v) is 18.9. The number of hydrogen-bond acceptors (Lipinski definition) is 8. The van der Waals surface area contributed by atoms with Gasteiger partial charge in [-0.2, -0.15) is 0 Å². The zero-order valence-electron chi connectivity index (χ0n) is 18.0. The first-order valence-corrected chi connectivity index (χ1v) is 11.7. The molecule has 0 bridgehead atoms. The Kier molecular flexibility index (Phi) is 5.71. The molecule has 32 heavy (non-hydrogen) atoms.